The minimum Gasteiger partial charge on any atom is -0.490 e. The van der Waals surface area contributed by atoms with E-state index in [2.05, 4.69) is 32.0 Å². The van der Waals surface area contributed by atoms with Crippen molar-refractivity contribution in [3.8, 4) is 5.75 Å². The van der Waals surface area contributed by atoms with Gasteiger partial charge in [0.2, 0.25) is 0 Å². The molecule has 39 heavy (non-hydrogen) atoms. The molecule has 0 aromatic heterocycles. The summed E-state index contributed by atoms with van der Waals surface area (Å²) in [6, 6.07) is 18.8. The molecule has 0 aliphatic carbocycles. The Morgan fingerprint density at radius 1 is 1.03 bits per heavy atom. The zero-order chi connectivity index (χ0) is 26.4. The van der Waals surface area contributed by atoms with Crippen LogP contribution >= 0.6 is 24.8 Å². The van der Waals surface area contributed by atoms with E-state index >= 15 is 0 Å². The molecule has 3 aromatic rings. The molecule has 0 spiro atoms. The molecule has 4 N–H and O–H groups in total. The Balaban J connectivity index is 0.00000267. The van der Waals surface area contributed by atoms with Crippen LogP contribution in [0.2, 0.25) is 0 Å². The average molecular weight is 598 g/mol. The first kappa shape index (κ1) is 32.2. The molecule has 1 aliphatic rings. The van der Waals surface area contributed by atoms with Crippen LogP contribution in [0.5, 0.6) is 5.75 Å². The van der Waals surface area contributed by atoms with Gasteiger partial charge in [-0.05, 0) is 72.0 Å². The van der Waals surface area contributed by atoms with Crippen LogP contribution in [0.1, 0.15) is 43.7 Å². The van der Waals surface area contributed by atoms with Gasteiger partial charge in [0.15, 0.2) is 0 Å². The normalized spacial score (nSPS) is 14.1. The number of carbonyl (C=O) groups is 1. The topological polar surface area (TPSA) is 135 Å². The lowest BCUT2D eigenvalue weighted by Crippen LogP contribution is -2.37. The number of halogens is 2. The molecule has 212 valence electrons. The van der Waals surface area contributed by atoms with Gasteiger partial charge < -0.3 is 14.7 Å². The Kier molecular flexibility index (Phi) is 11.8. The molecule has 0 radical (unpaired) electrons. The van der Waals surface area contributed by atoms with Crippen molar-refractivity contribution in [3.05, 3.63) is 71.8 Å². The third-order valence-electron chi connectivity index (χ3n) is 6.21. The molecule has 12 heteroatoms. The van der Waals surface area contributed by atoms with E-state index in [9.17, 15) is 13.2 Å². The monoisotopic (exact) mass is 596 g/mol. The molecule has 0 atom stereocenters. The highest BCUT2D eigenvalue weighted by Gasteiger charge is 2.21. The number of nitrogens with zero attached hydrogens (tertiary/aromatic N) is 1. The lowest BCUT2D eigenvalue weighted by atomic mass is 10.0. The first-order chi connectivity index (χ1) is 17.7. The van der Waals surface area contributed by atoms with Crippen molar-refractivity contribution in [2.24, 2.45) is 5.73 Å². The minimum absolute atomic E-state index is 0. The Labute approximate surface area is 241 Å². The minimum atomic E-state index is -4.21. The summed E-state index contributed by atoms with van der Waals surface area (Å²) in [6.07, 6.45) is 2.37. The Hall–Kier alpha value is -3.05. The van der Waals surface area contributed by atoms with E-state index in [0.29, 0.717) is 12.2 Å². The van der Waals surface area contributed by atoms with Gasteiger partial charge in [0, 0.05) is 31.6 Å². The van der Waals surface area contributed by atoms with Gasteiger partial charge in [-0.2, -0.15) is 8.42 Å². The number of nitrogen functional groups attached to an aromatic ring is 1. The van der Waals surface area contributed by atoms with Crippen molar-refractivity contribution in [3.63, 3.8) is 0 Å². The number of fused-ring (bicyclic) bond motifs is 1. The fourth-order valence-corrected chi connectivity index (χ4v) is 5.13. The summed E-state index contributed by atoms with van der Waals surface area (Å²) in [7, 11) is -4.21. The Morgan fingerprint density at radius 2 is 1.69 bits per heavy atom. The highest BCUT2D eigenvalue weighted by Crippen LogP contribution is 2.24. The van der Waals surface area contributed by atoms with Crippen LogP contribution < -0.4 is 15.2 Å². The van der Waals surface area contributed by atoms with Gasteiger partial charge in [-0.3, -0.25) is 19.8 Å². The van der Waals surface area contributed by atoms with Crippen molar-refractivity contribution in [1.29, 1.82) is 5.41 Å². The summed E-state index contributed by atoms with van der Waals surface area (Å²) in [4.78, 5) is 13.9. The lowest BCUT2D eigenvalue weighted by molar-refractivity contribution is -0.133. The second kappa shape index (κ2) is 14.4. The number of hydrogen-bond donors (Lipinski definition) is 3. The molecule has 0 bridgehead atoms. The van der Waals surface area contributed by atoms with Crippen LogP contribution in [0.3, 0.4) is 0 Å². The summed E-state index contributed by atoms with van der Waals surface area (Å²) in [6.45, 7) is 4.40. The Bertz CT molecular complexity index is 1380. The quantitative estimate of drug-likeness (QED) is 0.221. The van der Waals surface area contributed by atoms with Crippen molar-refractivity contribution >= 4 is 63.4 Å². The number of amidine groups is 1. The van der Waals surface area contributed by atoms with E-state index in [-0.39, 0.29) is 48.9 Å². The maximum absolute atomic E-state index is 12.0. The summed E-state index contributed by atoms with van der Waals surface area (Å²) in [5, 5.41) is 9.86. The highest BCUT2D eigenvalue weighted by molar-refractivity contribution is 7.88. The van der Waals surface area contributed by atoms with Crippen molar-refractivity contribution < 1.29 is 22.1 Å². The summed E-state index contributed by atoms with van der Waals surface area (Å²) >= 11 is 0. The number of carbonyl (C=O) groups excluding carboxylic acids is 1. The summed E-state index contributed by atoms with van der Waals surface area (Å²) in [5.41, 5.74) is 7.87. The second-order valence-electron chi connectivity index (χ2n) is 9.19. The molecule has 1 heterocycles. The van der Waals surface area contributed by atoms with E-state index in [1.165, 1.54) is 5.56 Å². The van der Waals surface area contributed by atoms with Gasteiger partial charge in [-0.25, -0.2) is 0 Å². The first-order valence-corrected chi connectivity index (χ1v) is 13.7. The van der Waals surface area contributed by atoms with Crippen molar-refractivity contribution in [2.75, 3.05) is 17.8 Å². The number of hydrogen-bond acceptors (Lipinski definition) is 7. The smallest absolute Gasteiger partial charge is 0.409 e. The maximum atomic E-state index is 12.0. The van der Waals surface area contributed by atoms with Crippen LogP contribution in [-0.4, -0.2) is 44.3 Å². The van der Waals surface area contributed by atoms with E-state index in [1.54, 1.807) is 31.2 Å². The standard InChI is InChI=1S/C27H32N4O5S.2ClH/c1-2-3-26(32)36-37(33,34)30-23-8-10-24(11-9-23)35-25-12-14-31(15-13-25)18-19-4-5-20-6-7-21(27(28)29)17-22(20)16-19;;/h4-11,16-17,25,30H,2-3,12-15,18H2,1H3,(H3,28,29);2*1H. The number of benzene rings is 3. The number of nitrogens with two attached hydrogens (primary N) is 1. The van der Waals surface area contributed by atoms with Gasteiger partial charge in [0.05, 0.1) is 5.69 Å². The summed E-state index contributed by atoms with van der Waals surface area (Å²) in [5.74, 6) is -0.0672. The first-order valence-electron chi connectivity index (χ1n) is 12.3. The van der Waals surface area contributed by atoms with Gasteiger partial charge in [-0.15, -0.1) is 24.8 Å². The molecular weight excluding hydrogens is 563 g/mol. The van der Waals surface area contributed by atoms with Crippen molar-refractivity contribution in [2.45, 2.75) is 45.3 Å². The fourth-order valence-electron chi connectivity index (χ4n) is 4.33. The van der Waals surface area contributed by atoms with E-state index < -0.39 is 16.3 Å². The van der Waals surface area contributed by atoms with Crippen LogP contribution in [-0.2, 0) is 25.8 Å². The van der Waals surface area contributed by atoms with E-state index in [1.807, 2.05) is 18.2 Å². The molecule has 1 aliphatic heterocycles. The van der Waals surface area contributed by atoms with Gasteiger partial charge >= 0.3 is 16.3 Å². The molecule has 9 nitrogen and oxygen atoms in total. The van der Waals surface area contributed by atoms with Crippen LogP contribution in [0.25, 0.3) is 10.8 Å². The maximum Gasteiger partial charge on any atom is 0.409 e. The highest BCUT2D eigenvalue weighted by atomic mass is 35.5. The largest absolute Gasteiger partial charge is 0.490 e. The van der Waals surface area contributed by atoms with Gasteiger partial charge in [0.25, 0.3) is 0 Å². The van der Waals surface area contributed by atoms with E-state index in [0.717, 1.165) is 48.8 Å². The van der Waals surface area contributed by atoms with Crippen LogP contribution in [0.15, 0.2) is 60.7 Å². The van der Waals surface area contributed by atoms with Crippen LogP contribution in [0.4, 0.5) is 5.69 Å². The predicted molar refractivity (Wildman–Crippen MR) is 158 cm³/mol. The molecule has 1 saturated heterocycles. The van der Waals surface area contributed by atoms with E-state index in [4.69, 9.17) is 15.9 Å². The molecule has 1 fully saturated rings. The van der Waals surface area contributed by atoms with Gasteiger partial charge in [-0.1, -0.05) is 31.2 Å². The molecule has 4 rings (SSSR count). The summed E-state index contributed by atoms with van der Waals surface area (Å²) < 4.78 is 36.7. The fraction of sp³-hybridized carbons (Fsp3) is 0.333. The third-order valence-corrected chi connectivity index (χ3v) is 7.10. The Morgan fingerprint density at radius 3 is 2.33 bits per heavy atom. The molecular formula is C27H34Cl2N4O5S. The molecule has 3 aromatic carbocycles. The second-order valence-corrected chi connectivity index (χ2v) is 10.5. The third kappa shape index (κ3) is 9.28. The number of piperidine rings is 1. The number of rotatable bonds is 10. The zero-order valence-electron chi connectivity index (χ0n) is 21.6. The number of nitrogens with one attached hydrogen (secondary N) is 2. The number of anilines is 1. The molecule has 0 unspecified atom stereocenters. The molecule has 0 saturated carbocycles. The average Bonchev–Trinajstić information content (AvgIpc) is 2.85. The van der Waals surface area contributed by atoms with Gasteiger partial charge in [0.1, 0.15) is 17.7 Å². The number of ether oxygens (including phenoxy) is 1. The predicted octanol–water partition coefficient (Wildman–Crippen LogP) is 5.01. The van der Waals surface area contributed by atoms with Crippen LogP contribution in [0, 0.1) is 5.41 Å². The molecule has 0 amide bonds. The number of likely N-dealkylation sites (tertiary alicyclic amines) is 1. The van der Waals surface area contributed by atoms with Crippen molar-refractivity contribution in [1.82, 2.24) is 4.90 Å². The zero-order valence-corrected chi connectivity index (χ0v) is 24.0. The lowest BCUT2D eigenvalue weighted by Gasteiger charge is -2.32. The SMILES string of the molecule is CCCC(=O)OS(=O)(=O)Nc1ccc(OC2CCN(Cc3ccc4ccc(C(=N)N)cc4c3)CC2)cc1.Cl.Cl.